The number of morpholine rings is 1. The quantitative estimate of drug-likeness (QED) is 0.405. The average Bonchev–Trinajstić information content (AvgIpc) is 3.14. The van der Waals surface area contributed by atoms with Crippen LogP contribution in [0.15, 0.2) is 58.4 Å². The van der Waals surface area contributed by atoms with Crippen molar-refractivity contribution >= 4 is 51.7 Å². The van der Waals surface area contributed by atoms with Gasteiger partial charge in [-0.3, -0.25) is 18.9 Å². The average molecular weight is 493 g/mol. The highest BCUT2D eigenvalue weighted by molar-refractivity contribution is 8.26. The lowest BCUT2D eigenvalue weighted by molar-refractivity contribution is -0.123. The van der Waals surface area contributed by atoms with Gasteiger partial charge in [0.05, 0.1) is 29.7 Å². The van der Waals surface area contributed by atoms with Crippen LogP contribution < -0.4 is 10.5 Å². The zero-order valence-electron chi connectivity index (χ0n) is 18.9. The van der Waals surface area contributed by atoms with Crippen LogP contribution in [-0.4, -0.2) is 50.8 Å². The molecule has 0 spiro atoms. The number of anilines is 1. The van der Waals surface area contributed by atoms with Crippen LogP contribution >= 0.6 is 24.0 Å². The monoisotopic (exact) mass is 492 g/mol. The van der Waals surface area contributed by atoms with Gasteiger partial charge in [-0.1, -0.05) is 60.4 Å². The van der Waals surface area contributed by atoms with Crippen molar-refractivity contribution in [1.82, 2.24) is 14.3 Å². The van der Waals surface area contributed by atoms with Gasteiger partial charge in [0.2, 0.25) is 0 Å². The molecular formula is C25H24N4O3S2. The molecule has 2 aliphatic rings. The molecule has 2 saturated heterocycles. The predicted molar refractivity (Wildman–Crippen MR) is 139 cm³/mol. The molecule has 7 nitrogen and oxygen atoms in total. The van der Waals surface area contributed by atoms with Gasteiger partial charge in [0, 0.05) is 19.3 Å². The number of ether oxygens (including phenoxy) is 1. The topological polar surface area (TPSA) is 67.2 Å². The molecule has 0 saturated carbocycles. The summed E-state index contributed by atoms with van der Waals surface area (Å²) in [5.41, 5.74) is 2.69. The second-order valence-corrected chi connectivity index (χ2v) is 10.0. The van der Waals surface area contributed by atoms with Crippen LogP contribution in [-0.2, 0) is 9.53 Å². The van der Waals surface area contributed by atoms with Gasteiger partial charge in [-0.25, -0.2) is 4.98 Å². The number of hydrogen-bond donors (Lipinski definition) is 0. The highest BCUT2D eigenvalue weighted by Crippen LogP contribution is 2.38. The maximum absolute atomic E-state index is 13.6. The van der Waals surface area contributed by atoms with E-state index in [-0.39, 0.29) is 17.5 Å². The van der Waals surface area contributed by atoms with Crippen molar-refractivity contribution in [3.05, 3.63) is 80.6 Å². The Labute approximate surface area is 207 Å². The number of fused-ring (bicyclic) bond motifs is 1. The van der Waals surface area contributed by atoms with Crippen LogP contribution in [0.5, 0.6) is 0 Å². The fourth-order valence-corrected chi connectivity index (χ4v) is 5.62. The molecule has 1 unspecified atom stereocenters. The molecule has 1 atom stereocenters. The van der Waals surface area contributed by atoms with Crippen LogP contribution in [0.1, 0.15) is 29.7 Å². The molecule has 174 valence electrons. The van der Waals surface area contributed by atoms with Crippen LogP contribution in [0.3, 0.4) is 0 Å². The molecule has 0 aliphatic carbocycles. The number of amides is 1. The Bertz CT molecular complexity index is 1360. The van der Waals surface area contributed by atoms with E-state index in [9.17, 15) is 9.59 Å². The second kappa shape index (κ2) is 9.32. The van der Waals surface area contributed by atoms with Gasteiger partial charge in [-0.15, -0.1) is 0 Å². The van der Waals surface area contributed by atoms with E-state index < -0.39 is 0 Å². The van der Waals surface area contributed by atoms with Crippen molar-refractivity contribution in [3.8, 4) is 0 Å². The Hall–Kier alpha value is -3.01. The third-order valence-electron chi connectivity index (χ3n) is 6.06. The molecule has 1 aromatic carbocycles. The first-order valence-electron chi connectivity index (χ1n) is 11.1. The summed E-state index contributed by atoms with van der Waals surface area (Å²) in [6.07, 6.45) is 3.43. The van der Waals surface area contributed by atoms with E-state index in [1.165, 1.54) is 11.8 Å². The molecule has 0 N–H and O–H groups in total. The maximum atomic E-state index is 13.6. The number of hydrogen-bond acceptors (Lipinski definition) is 7. The van der Waals surface area contributed by atoms with E-state index in [4.69, 9.17) is 21.9 Å². The highest BCUT2D eigenvalue weighted by atomic mass is 32.2. The number of aryl methyl sites for hydroxylation is 1. The summed E-state index contributed by atoms with van der Waals surface area (Å²) in [6, 6.07) is 13.3. The van der Waals surface area contributed by atoms with Crippen molar-refractivity contribution in [2.75, 3.05) is 31.2 Å². The number of pyridine rings is 1. The number of carbonyl (C=O) groups excluding carboxylic acids is 1. The lowest BCUT2D eigenvalue weighted by Crippen LogP contribution is -2.38. The van der Waals surface area contributed by atoms with E-state index in [0.29, 0.717) is 52.6 Å². The zero-order chi connectivity index (χ0) is 23.8. The Morgan fingerprint density at radius 1 is 1.12 bits per heavy atom. The number of nitrogens with zero attached hydrogens (tertiary/aromatic N) is 4. The second-order valence-electron chi connectivity index (χ2n) is 8.33. The van der Waals surface area contributed by atoms with Gasteiger partial charge in [-0.2, -0.15) is 0 Å². The molecule has 2 aliphatic heterocycles. The van der Waals surface area contributed by atoms with Gasteiger partial charge >= 0.3 is 0 Å². The maximum Gasteiger partial charge on any atom is 0.267 e. The summed E-state index contributed by atoms with van der Waals surface area (Å²) in [6.45, 7) is 6.26. The molecule has 0 bridgehead atoms. The number of benzene rings is 1. The molecule has 4 heterocycles. The molecular weight excluding hydrogens is 468 g/mol. The highest BCUT2D eigenvalue weighted by Gasteiger charge is 2.36. The predicted octanol–water partition coefficient (Wildman–Crippen LogP) is 3.80. The summed E-state index contributed by atoms with van der Waals surface area (Å²) in [5, 5.41) is 0. The largest absolute Gasteiger partial charge is 0.378 e. The van der Waals surface area contributed by atoms with Crippen molar-refractivity contribution in [2.24, 2.45) is 0 Å². The molecule has 0 radical (unpaired) electrons. The van der Waals surface area contributed by atoms with E-state index >= 15 is 0 Å². The molecule has 9 heteroatoms. The van der Waals surface area contributed by atoms with Crippen molar-refractivity contribution in [1.29, 1.82) is 0 Å². The van der Waals surface area contributed by atoms with Gasteiger partial charge < -0.3 is 9.64 Å². The molecule has 34 heavy (non-hydrogen) atoms. The first-order chi connectivity index (χ1) is 16.4. The van der Waals surface area contributed by atoms with Crippen molar-refractivity contribution in [2.45, 2.75) is 19.9 Å². The fraction of sp³-hybridized carbons (Fsp3) is 0.280. The first kappa shape index (κ1) is 22.8. The van der Waals surface area contributed by atoms with E-state index in [1.54, 1.807) is 21.6 Å². The molecule has 2 aromatic heterocycles. The lowest BCUT2D eigenvalue weighted by atomic mass is 10.1. The Balaban J connectivity index is 1.60. The van der Waals surface area contributed by atoms with Gasteiger partial charge in [0.15, 0.2) is 0 Å². The van der Waals surface area contributed by atoms with Gasteiger partial charge in [-0.05, 0) is 37.1 Å². The third-order valence-corrected chi connectivity index (χ3v) is 7.39. The Morgan fingerprint density at radius 2 is 1.85 bits per heavy atom. The Kier molecular flexibility index (Phi) is 6.24. The molecule has 3 aromatic rings. The third kappa shape index (κ3) is 4.15. The molecule has 5 rings (SSSR count). The zero-order valence-corrected chi connectivity index (χ0v) is 20.6. The standard InChI is InChI=1S/C25H24N4O3S2/c1-16-8-9-21-26-22(27-10-12-32-13-11-27)19(23(30)28(21)15-16)14-20-24(31)29(25(33)34-20)17(2)18-6-4-3-5-7-18/h3-9,14-15,17H,10-13H2,1-2H3. The molecule has 2 fully saturated rings. The Morgan fingerprint density at radius 3 is 2.59 bits per heavy atom. The van der Waals surface area contributed by atoms with Crippen LogP contribution in [0.2, 0.25) is 0 Å². The van der Waals surface area contributed by atoms with E-state index in [1.807, 2.05) is 61.2 Å². The normalized spacial score (nSPS) is 18.8. The summed E-state index contributed by atoms with van der Waals surface area (Å²) in [5.74, 6) is 0.367. The van der Waals surface area contributed by atoms with Crippen molar-refractivity contribution < 1.29 is 9.53 Å². The van der Waals surface area contributed by atoms with Crippen LogP contribution in [0.25, 0.3) is 11.7 Å². The minimum absolute atomic E-state index is 0.201. The summed E-state index contributed by atoms with van der Waals surface area (Å²) >= 11 is 6.80. The van der Waals surface area contributed by atoms with Crippen LogP contribution in [0.4, 0.5) is 5.82 Å². The van der Waals surface area contributed by atoms with Gasteiger partial charge in [0.1, 0.15) is 15.8 Å². The number of carbonyl (C=O) groups is 1. The number of rotatable bonds is 4. The summed E-state index contributed by atoms with van der Waals surface area (Å²) < 4.78 is 7.51. The fourth-order valence-electron chi connectivity index (χ4n) is 4.21. The smallest absolute Gasteiger partial charge is 0.267 e. The molecule has 1 amide bonds. The summed E-state index contributed by atoms with van der Waals surface area (Å²) in [4.78, 5) is 35.9. The first-order valence-corrected chi connectivity index (χ1v) is 12.3. The lowest BCUT2D eigenvalue weighted by Gasteiger charge is -2.29. The van der Waals surface area contributed by atoms with Crippen molar-refractivity contribution in [3.63, 3.8) is 0 Å². The van der Waals surface area contributed by atoms with E-state index in [2.05, 4.69) is 0 Å². The minimum atomic E-state index is -0.212. The van der Waals surface area contributed by atoms with Gasteiger partial charge in [0.25, 0.3) is 11.5 Å². The van der Waals surface area contributed by atoms with Crippen LogP contribution in [0, 0.1) is 6.92 Å². The number of thioether (sulfide) groups is 1. The number of thiocarbonyl (C=S) groups is 1. The number of aromatic nitrogens is 2. The minimum Gasteiger partial charge on any atom is -0.378 e. The van der Waals surface area contributed by atoms with E-state index in [0.717, 1.165) is 11.1 Å². The SMILES string of the molecule is Cc1ccc2nc(N3CCOCC3)c(C=C3SC(=S)N(C(C)c4ccccc4)C3=O)c(=O)n2c1. The summed E-state index contributed by atoms with van der Waals surface area (Å²) in [7, 11) is 0.